The van der Waals surface area contributed by atoms with Crippen molar-refractivity contribution < 1.29 is 31.1 Å². The Kier molecular flexibility index (Phi) is 7.26. The molecule has 10 heteroatoms. The molecule has 0 radical (unpaired) electrons. The van der Waals surface area contributed by atoms with E-state index < -0.39 is 34.3 Å². The summed E-state index contributed by atoms with van der Waals surface area (Å²) in [7, 11) is -3.62. The first-order chi connectivity index (χ1) is 13.6. The molecule has 0 aromatic heterocycles. The van der Waals surface area contributed by atoms with Crippen molar-refractivity contribution >= 4 is 21.6 Å². The number of hydrogen-bond acceptors (Lipinski definition) is 4. The molecule has 6 nitrogen and oxygen atoms in total. The number of carbonyl (C=O) groups excluding carboxylic acids is 1. The van der Waals surface area contributed by atoms with Crippen LogP contribution in [0.15, 0.2) is 53.4 Å². The highest BCUT2D eigenvalue weighted by molar-refractivity contribution is 7.89. The van der Waals surface area contributed by atoms with Crippen LogP contribution in [0.25, 0.3) is 0 Å². The smallest absolute Gasteiger partial charge is 0.418 e. The number of carbonyl (C=O) groups is 1. The van der Waals surface area contributed by atoms with Crippen LogP contribution in [0.2, 0.25) is 0 Å². The number of amides is 1. The zero-order valence-electron chi connectivity index (χ0n) is 15.9. The number of benzene rings is 2. The molecule has 1 amide bonds. The number of alkyl halides is 3. The van der Waals surface area contributed by atoms with E-state index in [-0.39, 0.29) is 16.3 Å². The highest BCUT2D eigenvalue weighted by Crippen LogP contribution is 2.34. The van der Waals surface area contributed by atoms with Gasteiger partial charge in [0.25, 0.3) is 5.91 Å². The van der Waals surface area contributed by atoms with Crippen molar-refractivity contribution in [2.45, 2.75) is 24.9 Å². The number of nitrogens with zero attached hydrogens (tertiary/aromatic N) is 1. The first-order valence-corrected chi connectivity index (χ1v) is 10.2. The third-order valence-corrected chi connectivity index (χ3v) is 6.11. The molecule has 29 heavy (non-hydrogen) atoms. The monoisotopic (exact) mass is 430 g/mol. The topological polar surface area (TPSA) is 75.7 Å². The van der Waals surface area contributed by atoms with Crippen molar-refractivity contribution in [3.63, 3.8) is 0 Å². The molecule has 2 rings (SSSR count). The lowest BCUT2D eigenvalue weighted by Gasteiger charge is -2.18. The van der Waals surface area contributed by atoms with Crippen molar-refractivity contribution in [1.29, 1.82) is 0 Å². The van der Waals surface area contributed by atoms with Gasteiger partial charge in [0.2, 0.25) is 10.0 Å². The Hall–Kier alpha value is -2.59. The third kappa shape index (κ3) is 5.70. The lowest BCUT2D eigenvalue weighted by atomic mass is 10.1. The Morgan fingerprint density at radius 3 is 2.17 bits per heavy atom. The largest absolute Gasteiger partial charge is 0.484 e. The molecule has 1 N–H and O–H groups in total. The van der Waals surface area contributed by atoms with Crippen LogP contribution in [-0.2, 0) is 21.0 Å². The predicted octanol–water partition coefficient (Wildman–Crippen LogP) is 3.75. The zero-order chi connectivity index (χ0) is 21.7. The van der Waals surface area contributed by atoms with E-state index in [0.29, 0.717) is 13.1 Å². The number of anilines is 1. The van der Waals surface area contributed by atoms with E-state index in [9.17, 15) is 26.4 Å². The standard InChI is InChI=1S/C19H21F3N2O4S/c1-3-24(4-2)29(26,27)15-11-9-14(10-12-15)28-13-18(25)23-17-8-6-5-7-16(17)19(20,21)22/h5-12H,3-4,13H2,1-2H3,(H,23,25). The third-order valence-electron chi connectivity index (χ3n) is 4.04. The van der Waals surface area contributed by atoms with Gasteiger partial charge in [0.05, 0.1) is 16.1 Å². The highest BCUT2D eigenvalue weighted by Gasteiger charge is 2.33. The Morgan fingerprint density at radius 1 is 1.03 bits per heavy atom. The maximum atomic E-state index is 13.0. The van der Waals surface area contributed by atoms with E-state index >= 15 is 0 Å². The summed E-state index contributed by atoms with van der Waals surface area (Å²) in [6, 6.07) is 10.1. The van der Waals surface area contributed by atoms with E-state index in [1.807, 2.05) is 0 Å². The maximum absolute atomic E-state index is 13.0. The van der Waals surface area contributed by atoms with Crippen LogP contribution in [0.3, 0.4) is 0 Å². The summed E-state index contributed by atoms with van der Waals surface area (Å²) in [6.45, 7) is 3.59. The molecule has 0 bridgehead atoms. The second-order valence-corrected chi connectivity index (χ2v) is 7.88. The summed E-state index contributed by atoms with van der Waals surface area (Å²) >= 11 is 0. The fraction of sp³-hybridized carbons (Fsp3) is 0.316. The molecule has 2 aromatic rings. The average molecular weight is 430 g/mol. The number of hydrogen-bond donors (Lipinski definition) is 1. The zero-order valence-corrected chi connectivity index (χ0v) is 16.7. The normalized spacial score (nSPS) is 12.1. The highest BCUT2D eigenvalue weighted by atomic mass is 32.2. The van der Waals surface area contributed by atoms with Crippen molar-refractivity contribution in [1.82, 2.24) is 4.31 Å². The summed E-state index contributed by atoms with van der Waals surface area (Å²) in [4.78, 5) is 12.0. The molecule has 158 valence electrons. The average Bonchev–Trinajstić information content (AvgIpc) is 2.67. The van der Waals surface area contributed by atoms with Gasteiger partial charge in [0.1, 0.15) is 5.75 Å². The molecule has 2 aromatic carbocycles. The first-order valence-electron chi connectivity index (χ1n) is 8.78. The molecule has 0 aliphatic carbocycles. The van der Waals surface area contributed by atoms with Gasteiger partial charge in [-0.15, -0.1) is 0 Å². The van der Waals surface area contributed by atoms with Gasteiger partial charge >= 0.3 is 6.18 Å². The molecule has 0 saturated heterocycles. The van der Waals surface area contributed by atoms with Crippen LogP contribution >= 0.6 is 0 Å². The quantitative estimate of drug-likeness (QED) is 0.692. The minimum Gasteiger partial charge on any atom is -0.484 e. The summed E-state index contributed by atoms with van der Waals surface area (Å²) in [5.74, 6) is -0.565. The number of rotatable bonds is 8. The van der Waals surface area contributed by atoms with E-state index in [0.717, 1.165) is 12.1 Å². The molecule has 0 heterocycles. The Bertz CT molecular complexity index is 941. The summed E-state index contributed by atoms with van der Waals surface area (Å²) in [5.41, 5.74) is -1.33. The lowest BCUT2D eigenvalue weighted by molar-refractivity contribution is -0.137. The predicted molar refractivity (Wildman–Crippen MR) is 102 cm³/mol. The van der Waals surface area contributed by atoms with Crippen LogP contribution < -0.4 is 10.1 Å². The van der Waals surface area contributed by atoms with Crippen molar-refractivity contribution in [2.24, 2.45) is 0 Å². The molecular weight excluding hydrogens is 409 g/mol. The van der Waals surface area contributed by atoms with E-state index in [4.69, 9.17) is 4.74 Å². The van der Waals surface area contributed by atoms with Gasteiger partial charge in [-0.25, -0.2) is 8.42 Å². The Morgan fingerprint density at radius 2 is 1.62 bits per heavy atom. The number of para-hydroxylation sites is 1. The second kappa shape index (κ2) is 9.27. The number of sulfonamides is 1. The molecule has 0 unspecified atom stereocenters. The van der Waals surface area contributed by atoms with Crippen molar-refractivity contribution in [2.75, 3.05) is 25.0 Å². The molecule has 0 atom stereocenters. The Labute approximate surface area is 167 Å². The summed E-state index contributed by atoms with van der Waals surface area (Å²) in [5, 5.41) is 2.17. The summed E-state index contributed by atoms with van der Waals surface area (Å²) in [6.07, 6.45) is -4.60. The van der Waals surface area contributed by atoms with Crippen LogP contribution in [0, 0.1) is 0 Å². The van der Waals surface area contributed by atoms with Crippen molar-refractivity contribution in [3.8, 4) is 5.75 Å². The van der Waals surface area contributed by atoms with Gasteiger partial charge < -0.3 is 10.1 Å². The van der Waals surface area contributed by atoms with Crippen molar-refractivity contribution in [3.05, 3.63) is 54.1 Å². The van der Waals surface area contributed by atoms with E-state index in [2.05, 4.69) is 5.32 Å². The lowest BCUT2D eigenvalue weighted by Crippen LogP contribution is -2.30. The summed E-state index contributed by atoms with van der Waals surface area (Å²) < 4.78 is 70.2. The van der Waals surface area contributed by atoms with Gasteiger partial charge in [-0.3, -0.25) is 4.79 Å². The van der Waals surface area contributed by atoms with E-state index in [1.54, 1.807) is 13.8 Å². The maximum Gasteiger partial charge on any atom is 0.418 e. The molecular formula is C19H21F3N2O4S. The second-order valence-electron chi connectivity index (χ2n) is 5.94. The molecule has 0 aliphatic heterocycles. The molecule has 0 saturated carbocycles. The Balaban J connectivity index is 2.02. The number of halogens is 3. The SMILES string of the molecule is CCN(CC)S(=O)(=O)c1ccc(OCC(=O)Nc2ccccc2C(F)(F)F)cc1. The van der Waals surface area contributed by atoms with Crippen LogP contribution in [0.4, 0.5) is 18.9 Å². The fourth-order valence-electron chi connectivity index (χ4n) is 2.59. The van der Waals surface area contributed by atoms with E-state index in [1.165, 1.54) is 40.7 Å². The minimum absolute atomic E-state index is 0.0807. The van der Waals surface area contributed by atoms with Crippen LogP contribution in [-0.4, -0.2) is 38.3 Å². The van der Waals surface area contributed by atoms with Gasteiger partial charge in [-0.2, -0.15) is 17.5 Å². The van der Waals surface area contributed by atoms with Gasteiger partial charge in [-0.05, 0) is 36.4 Å². The van der Waals surface area contributed by atoms with Gasteiger partial charge in [-0.1, -0.05) is 26.0 Å². The van der Waals surface area contributed by atoms with Crippen LogP contribution in [0.5, 0.6) is 5.75 Å². The number of ether oxygens (including phenoxy) is 1. The van der Waals surface area contributed by atoms with Gasteiger partial charge in [0, 0.05) is 13.1 Å². The van der Waals surface area contributed by atoms with Crippen LogP contribution in [0.1, 0.15) is 19.4 Å². The molecule has 0 aliphatic rings. The molecule has 0 spiro atoms. The minimum atomic E-state index is -4.60. The fourth-order valence-corrected chi connectivity index (χ4v) is 4.05. The first kappa shape index (κ1) is 22.7. The van der Waals surface area contributed by atoms with Gasteiger partial charge in [0.15, 0.2) is 6.61 Å². The molecule has 0 fully saturated rings. The number of nitrogens with one attached hydrogen (secondary N) is 1.